The summed E-state index contributed by atoms with van der Waals surface area (Å²) in [6.07, 6.45) is 1.85. The fourth-order valence-electron chi connectivity index (χ4n) is 6.66. The van der Waals surface area contributed by atoms with Crippen molar-refractivity contribution in [2.45, 2.75) is 0 Å². The van der Waals surface area contributed by atoms with E-state index in [1.165, 1.54) is 5.56 Å². The van der Waals surface area contributed by atoms with E-state index < -0.39 is 0 Å². The van der Waals surface area contributed by atoms with Crippen molar-refractivity contribution in [2.24, 2.45) is 7.05 Å². The van der Waals surface area contributed by atoms with Gasteiger partial charge in [0.05, 0.1) is 16.9 Å². The van der Waals surface area contributed by atoms with E-state index in [0.717, 1.165) is 72.7 Å². The normalized spacial score (nSPS) is 12.7. The van der Waals surface area contributed by atoms with Crippen LogP contribution in [-0.4, -0.2) is 26.1 Å². The Bertz CT molecular complexity index is 2410. The van der Waals surface area contributed by atoms with Gasteiger partial charge in [-0.15, -0.1) is 47.6 Å². The molecule has 3 aromatic heterocycles. The maximum Gasteiger partial charge on any atom is 0.132 e. The van der Waals surface area contributed by atoms with E-state index >= 15 is 0 Å². The SMILES string of the molecule is CN1[CH-]N(c2[c-]c(-n3c4[c-]c(-c5nc6cccc(-c7ccccc7)c6n5C)ccc4c4cccnc43)ccc2)c2ccccc21.[Pt]. The van der Waals surface area contributed by atoms with Crippen molar-refractivity contribution in [1.82, 2.24) is 19.1 Å². The number of benzene rings is 5. The van der Waals surface area contributed by atoms with E-state index in [9.17, 15) is 0 Å². The molecule has 0 saturated heterocycles. The van der Waals surface area contributed by atoms with Gasteiger partial charge in [0, 0.05) is 51.2 Å². The minimum atomic E-state index is 0. The number of imidazole rings is 1. The van der Waals surface area contributed by atoms with E-state index in [0.29, 0.717) is 0 Å². The van der Waals surface area contributed by atoms with Gasteiger partial charge in [-0.3, -0.25) is 4.98 Å². The smallest absolute Gasteiger partial charge is 0.132 e. The number of nitrogens with zero attached hydrogens (tertiary/aromatic N) is 6. The molecule has 0 atom stereocenters. The second kappa shape index (κ2) is 11.0. The third-order valence-electron chi connectivity index (χ3n) is 8.73. The summed E-state index contributed by atoms with van der Waals surface area (Å²) in [5, 5.41) is 2.16. The van der Waals surface area contributed by atoms with Crippen LogP contribution in [0.5, 0.6) is 0 Å². The molecule has 0 unspecified atom stereocenters. The Hall–Kier alpha value is -5.19. The van der Waals surface area contributed by atoms with Crippen LogP contribution in [0.25, 0.3) is 61.2 Å². The van der Waals surface area contributed by atoms with Gasteiger partial charge in [-0.1, -0.05) is 71.7 Å². The van der Waals surface area contributed by atoms with Crippen LogP contribution in [0.15, 0.2) is 121 Å². The Kier molecular flexibility index (Phi) is 6.77. The van der Waals surface area contributed by atoms with Gasteiger partial charge >= 0.3 is 0 Å². The molecule has 0 spiro atoms. The number of fused-ring (bicyclic) bond motifs is 5. The maximum absolute atomic E-state index is 5.11. The summed E-state index contributed by atoms with van der Waals surface area (Å²) in [5.74, 6) is 0.865. The predicted octanol–water partition coefficient (Wildman–Crippen LogP) is 8.70. The first-order valence-electron chi connectivity index (χ1n) is 15.0. The monoisotopic (exact) mass is 774 g/mol. The van der Waals surface area contributed by atoms with E-state index in [4.69, 9.17) is 9.97 Å². The Balaban J connectivity index is 0.00000312. The fourth-order valence-corrected chi connectivity index (χ4v) is 6.66. The molecule has 9 rings (SSSR count). The molecule has 6 nitrogen and oxygen atoms in total. The van der Waals surface area contributed by atoms with Crippen molar-refractivity contribution < 1.29 is 21.1 Å². The van der Waals surface area contributed by atoms with Crippen LogP contribution < -0.4 is 9.80 Å². The van der Waals surface area contributed by atoms with E-state index in [-0.39, 0.29) is 21.1 Å². The van der Waals surface area contributed by atoms with E-state index in [1.807, 2.05) is 18.3 Å². The molecule has 0 saturated carbocycles. The predicted molar refractivity (Wildman–Crippen MR) is 183 cm³/mol. The molecular formula is C39H27N6Pt-3. The van der Waals surface area contributed by atoms with Gasteiger partial charge in [0.2, 0.25) is 0 Å². The third-order valence-corrected chi connectivity index (χ3v) is 8.73. The average Bonchev–Trinajstić information content (AvgIpc) is 3.74. The zero-order valence-corrected chi connectivity index (χ0v) is 27.4. The number of pyridine rings is 1. The molecule has 4 heterocycles. The largest absolute Gasteiger partial charge is 0.504 e. The van der Waals surface area contributed by atoms with Crippen LogP contribution in [-0.2, 0) is 28.1 Å². The van der Waals surface area contributed by atoms with Gasteiger partial charge < -0.3 is 18.9 Å². The standard InChI is InChI=1S/C39H27N6.Pt/c1-42-25-44(35-19-7-6-18-34(35)42)28-13-8-14-29(24-28)45-36-23-27(20-21-31(36)32-16-10-22-40-39(32)45)38-41-33-17-9-15-30(37(33)43(38)2)26-11-4-3-5-12-26;/h3-22,25H,1-2H3;/q-3;. The van der Waals surface area contributed by atoms with Gasteiger partial charge in [-0.05, 0) is 47.8 Å². The quantitative estimate of drug-likeness (QED) is 0.168. The molecule has 8 aromatic rings. The molecule has 0 N–H and O–H groups in total. The number of hydrogen-bond acceptors (Lipinski definition) is 4. The fraction of sp³-hybridized carbons (Fsp3) is 0.0513. The maximum atomic E-state index is 5.11. The molecule has 226 valence electrons. The molecule has 46 heavy (non-hydrogen) atoms. The van der Waals surface area contributed by atoms with Gasteiger partial charge in [-0.25, -0.2) is 4.98 Å². The van der Waals surface area contributed by atoms with E-state index in [2.05, 4.69) is 155 Å². The topological polar surface area (TPSA) is 42.1 Å². The average molecular weight is 775 g/mol. The molecular weight excluding hydrogens is 748 g/mol. The Labute approximate surface area is 281 Å². The summed E-state index contributed by atoms with van der Waals surface area (Å²) in [7, 11) is 4.16. The summed E-state index contributed by atoms with van der Waals surface area (Å²) in [5.41, 5.74) is 11.2. The van der Waals surface area contributed by atoms with Crippen molar-refractivity contribution in [1.29, 1.82) is 0 Å². The zero-order chi connectivity index (χ0) is 30.1. The number of para-hydroxylation sites is 3. The first-order chi connectivity index (χ1) is 22.2. The molecule has 5 aromatic carbocycles. The number of anilines is 3. The van der Waals surface area contributed by atoms with Crippen molar-refractivity contribution >= 4 is 50.0 Å². The molecule has 0 amide bonds. The van der Waals surface area contributed by atoms with Crippen LogP contribution in [0.4, 0.5) is 17.1 Å². The number of rotatable bonds is 4. The molecule has 0 aliphatic carbocycles. The van der Waals surface area contributed by atoms with E-state index in [1.54, 1.807) is 0 Å². The van der Waals surface area contributed by atoms with Crippen LogP contribution in [0.2, 0.25) is 0 Å². The molecule has 7 heteroatoms. The van der Waals surface area contributed by atoms with Gasteiger partial charge in [0.1, 0.15) is 5.65 Å². The minimum absolute atomic E-state index is 0. The summed E-state index contributed by atoms with van der Waals surface area (Å²) in [6.45, 7) is 2.10. The first-order valence-corrected chi connectivity index (χ1v) is 15.0. The minimum Gasteiger partial charge on any atom is -0.504 e. The number of aromatic nitrogens is 4. The second-order valence-corrected chi connectivity index (χ2v) is 11.4. The molecule has 1 aliphatic heterocycles. The Morgan fingerprint density at radius 3 is 2.33 bits per heavy atom. The zero-order valence-electron chi connectivity index (χ0n) is 25.1. The van der Waals surface area contributed by atoms with Gasteiger partial charge in [-0.2, -0.15) is 12.7 Å². The Morgan fingerprint density at radius 2 is 1.46 bits per heavy atom. The molecule has 0 radical (unpaired) electrons. The first kappa shape index (κ1) is 28.3. The molecule has 0 fully saturated rings. The molecule has 1 aliphatic rings. The van der Waals surface area contributed by atoms with Crippen molar-refractivity contribution in [3.8, 4) is 28.2 Å². The summed E-state index contributed by atoms with van der Waals surface area (Å²) >= 11 is 0. The van der Waals surface area contributed by atoms with Crippen molar-refractivity contribution in [3.63, 3.8) is 0 Å². The van der Waals surface area contributed by atoms with Gasteiger partial charge in [0.25, 0.3) is 0 Å². The van der Waals surface area contributed by atoms with Crippen LogP contribution in [0.3, 0.4) is 0 Å². The second-order valence-electron chi connectivity index (χ2n) is 11.4. The molecule has 0 bridgehead atoms. The number of hydrogen-bond donors (Lipinski definition) is 0. The van der Waals surface area contributed by atoms with Crippen molar-refractivity contribution in [2.75, 3.05) is 16.8 Å². The summed E-state index contributed by atoms with van der Waals surface area (Å²) in [4.78, 5) is 14.3. The third kappa shape index (κ3) is 4.28. The summed E-state index contributed by atoms with van der Waals surface area (Å²) < 4.78 is 4.35. The number of aryl methyl sites for hydroxylation is 1. The van der Waals surface area contributed by atoms with Crippen LogP contribution in [0.1, 0.15) is 0 Å². The van der Waals surface area contributed by atoms with Crippen molar-refractivity contribution in [3.05, 3.63) is 140 Å². The Morgan fingerprint density at radius 1 is 0.674 bits per heavy atom. The van der Waals surface area contributed by atoms with Crippen LogP contribution >= 0.6 is 0 Å². The summed E-state index contributed by atoms with van der Waals surface area (Å²) in [6, 6.07) is 47.3. The van der Waals surface area contributed by atoms with Crippen LogP contribution in [0, 0.1) is 18.8 Å². The van der Waals surface area contributed by atoms with Gasteiger partial charge in [0.15, 0.2) is 0 Å².